The number of carbonyl (C=O) groups is 1. The van der Waals surface area contributed by atoms with E-state index in [1.807, 2.05) is 25.1 Å². The first-order valence-electron chi connectivity index (χ1n) is 8.73. The summed E-state index contributed by atoms with van der Waals surface area (Å²) >= 11 is 0. The number of piperidine rings is 1. The third-order valence-electron chi connectivity index (χ3n) is 4.49. The van der Waals surface area contributed by atoms with Gasteiger partial charge in [-0.3, -0.25) is 14.7 Å². The van der Waals surface area contributed by atoms with Crippen molar-refractivity contribution in [1.82, 2.24) is 20.4 Å². The Kier molecular flexibility index (Phi) is 5.78. The number of rotatable bonds is 6. The summed E-state index contributed by atoms with van der Waals surface area (Å²) in [5.74, 6) is 0.397. The molecular formula is C18H24N4O3. The van der Waals surface area contributed by atoms with Gasteiger partial charge in [0.05, 0.1) is 24.4 Å². The van der Waals surface area contributed by atoms with Gasteiger partial charge in [0, 0.05) is 25.4 Å². The second kappa shape index (κ2) is 8.22. The molecule has 3 rings (SSSR count). The van der Waals surface area contributed by atoms with E-state index in [9.17, 15) is 9.90 Å². The van der Waals surface area contributed by atoms with Gasteiger partial charge < -0.3 is 14.9 Å². The number of likely N-dealkylation sites (tertiary alicyclic amines) is 1. The summed E-state index contributed by atoms with van der Waals surface area (Å²) in [6.45, 7) is 4.24. The molecule has 25 heavy (non-hydrogen) atoms. The van der Waals surface area contributed by atoms with Gasteiger partial charge in [0.2, 0.25) is 0 Å². The normalized spacial score (nSPS) is 17.4. The molecule has 1 aliphatic rings. The van der Waals surface area contributed by atoms with Crippen molar-refractivity contribution < 1.29 is 14.4 Å². The Bertz CT molecular complexity index is 681. The van der Waals surface area contributed by atoms with E-state index < -0.39 is 0 Å². The van der Waals surface area contributed by atoms with Crippen molar-refractivity contribution >= 4 is 5.91 Å². The minimum Gasteiger partial charge on any atom is -0.393 e. The summed E-state index contributed by atoms with van der Waals surface area (Å²) in [4.78, 5) is 18.9. The van der Waals surface area contributed by atoms with Crippen molar-refractivity contribution in [2.75, 3.05) is 13.1 Å². The molecule has 3 heterocycles. The molecule has 7 nitrogen and oxygen atoms in total. The molecule has 1 amide bonds. The van der Waals surface area contributed by atoms with Crippen LogP contribution in [0.25, 0.3) is 0 Å². The summed E-state index contributed by atoms with van der Waals surface area (Å²) < 4.78 is 5.31. The minimum atomic E-state index is -0.262. The second-order valence-corrected chi connectivity index (χ2v) is 6.37. The number of hydrogen-bond donors (Lipinski definition) is 2. The van der Waals surface area contributed by atoms with Crippen molar-refractivity contribution in [3.63, 3.8) is 0 Å². The van der Waals surface area contributed by atoms with Gasteiger partial charge in [-0.15, -0.1) is 0 Å². The zero-order valence-electron chi connectivity index (χ0n) is 14.4. The quantitative estimate of drug-likeness (QED) is 0.832. The average Bonchev–Trinajstić information content (AvgIpc) is 3.11. The number of pyridine rings is 1. The lowest BCUT2D eigenvalue weighted by Crippen LogP contribution is -2.35. The van der Waals surface area contributed by atoms with E-state index in [1.165, 1.54) is 0 Å². The molecule has 2 aromatic heterocycles. The summed E-state index contributed by atoms with van der Waals surface area (Å²) in [7, 11) is 0. The third-order valence-corrected chi connectivity index (χ3v) is 4.49. The second-order valence-electron chi connectivity index (χ2n) is 6.37. The van der Waals surface area contributed by atoms with Crippen molar-refractivity contribution in [3.05, 3.63) is 47.6 Å². The SMILES string of the molecule is CCC(NC(=O)c1cc(CN2CCC(O)CC2)on1)c1ccccn1. The Morgan fingerprint density at radius 2 is 2.24 bits per heavy atom. The highest BCUT2D eigenvalue weighted by Crippen LogP contribution is 2.16. The average molecular weight is 344 g/mol. The number of amides is 1. The first-order valence-corrected chi connectivity index (χ1v) is 8.73. The number of nitrogens with zero attached hydrogens (tertiary/aromatic N) is 3. The molecule has 1 atom stereocenters. The summed E-state index contributed by atoms with van der Waals surface area (Å²) in [6, 6.07) is 7.18. The van der Waals surface area contributed by atoms with E-state index in [0.717, 1.165) is 38.0 Å². The van der Waals surface area contributed by atoms with E-state index in [2.05, 4.69) is 20.4 Å². The molecule has 2 aromatic rings. The van der Waals surface area contributed by atoms with Gasteiger partial charge in [-0.2, -0.15) is 0 Å². The number of hydrogen-bond acceptors (Lipinski definition) is 6. The van der Waals surface area contributed by atoms with Gasteiger partial charge in [-0.1, -0.05) is 18.1 Å². The zero-order chi connectivity index (χ0) is 17.6. The van der Waals surface area contributed by atoms with Crippen LogP contribution in [0.15, 0.2) is 35.0 Å². The lowest BCUT2D eigenvalue weighted by molar-refractivity contribution is 0.0748. The number of aromatic nitrogens is 2. The molecule has 134 valence electrons. The topological polar surface area (TPSA) is 91.5 Å². The third kappa shape index (κ3) is 4.64. The Hall–Kier alpha value is -2.25. The van der Waals surface area contributed by atoms with Crippen LogP contribution in [0.5, 0.6) is 0 Å². The maximum atomic E-state index is 12.4. The predicted molar refractivity (Wildman–Crippen MR) is 91.8 cm³/mol. The van der Waals surface area contributed by atoms with E-state index >= 15 is 0 Å². The Morgan fingerprint density at radius 3 is 2.92 bits per heavy atom. The van der Waals surface area contributed by atoms with Crippen LogP contribution < -0.4 is 5.32 Å². The molecule has 1 saturated heterocycles. The molecule has 1 unspecified atom stereocenters. The predicted octanol–water partition coefficient (Wildman–Crippen LogP) is 1.91. The molecule has 0 saturated carbocycles. The summed E-state index contributed by atoms with van der Waals surface area (Å²) in [6.07, 6.45) is 3.79. The van der Waals surface area contributed by atoms with Crippen LogP contribution in [0.2, 0.25) is 0 Å². The fourth-order valence-electron chi connectivity index (χ4n) is 2.99. The van der Waals surface area contributed by atoms with E-state index in [1.54, 1.807) is 12.3 Å². The highest BCUT2D eigenvalue weighted by atomic mass is 16.5. The van der Waals surface area contributed by atoms with Crippen molar-refractivity contribution in [1.29, 1.82) is 0 Å². The van der Waals surface area contributed by atoms with Crippen molar-refractivity contribution in [3.8, 4) is 0 Å². The highest BCUT2D eigenvalue weighted by Gasteiger charge is 2.21. The maximum absolute atomic E-state index is 12.4. The molecule has 0 radical (unpaired) electrons. The highest BCUT2D eigenvalue weighted by molar-refractivity contribution is 5.92. The Labute approximate surface area is 147 Å². The molecule has 0 bridgehead atoms. The Balaban J connectivity index is 1.58. The minimum absolute atomic E-state index is 0.155. The molecular weight excluding hydrogens is 320 g/mol. The standard InChI is InChI=1S/C18H24N4O3/c1-2-15(16-5-3-4-8-19-16)20-18(24)17-11-14(25-21-17)12-22-9-6-13(23)7-10-22/h3-5,8,11,13,15,23H,2,6-7,9-10,12H2,1H3,(H,20,24). The fourth-order valence-corrected chi connectivity index (χ4v) is 2.99. The van der Waals surface area contributed by atoms with Gasteiger partial charge in [-0.25, -0.2) is 0 Å². The molecule has 0 spiro atoms. The first kappa shape index (κ1) is 17.6. The summed E-state index contributed by atoms with van der Waals surface area (Å²) in [5.41, 5.74) is 1.11. The summed E-state index contributed by atoms with van der Waals surface area (Å²) in [5, 5.41) is 16.4. The number of carbonyl (C=O) groups excluding carboxylic acids is 1. The van der Waals surface area contributed by atoms with Crippen LogP contribution >= 0.6 is 0 Å². The fraction of sp³-hybridized carbons (Fsp3) is 0.500. The van der Waals surface area contributed by atoms with Crippen LogP contribution in [0.3, 0.4) is 0 Å². The van der Waals surface area contributed by atoms with Crippen molar-refractivity contribution in [2.45, 2.75) is 44.9 Å². The van der Waals surface area contributed by atoms with Gasteiger partial charge >= 0.3 is 0 Å². The zero-order valence-corrected chi connectivity index (χ0v) is 14.4. The van der Waals surface area contributed by atoms with Crippen LogP contribution in [0.1, 0.15) is 54.2 Å². The van der Waals surface area contributed by atoms with Crippen LogP contribution in [-0.2, 0) is 6.54 Å². The lowest BCUT2D eigenvalue weighted by atomic mass is 10.1. The van der Waals surface area contributed by atoms with Crippen LogP contribution in [0, 0.1) is 0 Å². The monoisotopic (exact) mass is 344 g/mol. The number of nitrogens with one attached hydrogen (secondary N) is 1. The largest absolute Gasteiger partial charge is 0.393 e. The van der Waals surface area contributed by atoms with Crippen LogP contribution in [0.4, 0.5) is 0 Å². The van der Waals surface area contributed by atoms with Crippen LogP contribution in [-0.4, -0.2) is 45.2 Å². The van der Waals surface area contributed by atoms with Gasteiger partial charge in [0.1, 0.15) is 0 Å². The van der Waals surface area contributed by atoms with Gasteiger partial charge in [-0.05, 0) is 31.4 Å². The molecule has 1 fully saturated rings. The smallest absolute Gasteiger partial charge is 0.274 e. The molecule has 7 heteroatoms. The maximum Gasteiger partial charge on any atom is 0.274 e. The molecule has 0 aliphatic carbocycles. The molecule has 2 N–H and O–H groups in total. The van der Waals surface area contributed by atoms with Gasteiger partial charge in [0.15, 0.2) is 11.5 Å². The van der Waals surface area contributed by atoms with E-state index in [0.29, 0.717) is 12.3 Å². The van der Waals surface area contributed by atoms with E-state index in [4.69, 9.17) is 4.52 Å². The van der Waals surface area contributed by atoms with E-state index in [-0.39, 0.29) is 23.7 Å². The number of aliphatic hydroxyl groups excluding tert-OH is 1. The molecule has 1 aliphatic heterocycles. The first-order chi connectivity index (χ1) is 12.2. The molecule has 0 aromatic carbocycles. The lowest BCUT2D eigenvalue weighted by Gasteiger charge is -2.28. The van der Waals surface area contributed by atoms with Gasteiger partial charge in [0.25, 0.3) is 5.91 Å². The Morgan fingerprint density at radius 1 is 1.44 bits per heavy atom. The number of aliphatic hydroxyl groups is 1. The van der Waals surface area contributed by atoms with Crippen molar-refractivity contribution in [2.24, 2.45) is 0 Å².